The number of rotatable bonds is 1. The van der Waals surface area contributed by atoms with Gasteiger partial charge in [-0.2, -0.15) is 0 Å². The van der Waals surface area contributed by atoms with Gasteiger partial charge < -0.3 is 9.47 Å². The number of amidine groups is 1. The van der Waals surface area contributed by atoms with E-state index in [1.165, 1.54) is 54.1 Å². The van der Waals surface area contributed by atoms with Crippen LogP contribution in [0.15, 0.2) is 160 Å². The molecule has 51 heavy (non-hydrogen) atoms. The maximum absolute atomic E-state index is 7.07. The number of benzene rings is 7. The lowest BCUT2D eigenvalue weighted by Gasteiger charge is -2.50. The van der Waals surface area contributed by atoms with Crippen molar-refractivity contribution in [2.75, 3.05) is 4.90 Å². The standard InChI is InChI=1S/C45H25BN2O2S/c1-5-17-32-26(11-1)40-27-12-2-6-18-33(27)48(44(40)47-32)25-23-36-43-37(24-25)50-35-20-10-16-31-42(35)46(43)41-30(15-9-19-34(41)49-36)45(31)28-13-3-7-21-38(28)51-39-22-8-4-14-29(39)45/h1-24,40H. The maximum Gasteiger partial charge on any atom is 0.261 e. The Balaban J connectivity index is 1.07. The number of hydrogen-bond acceptors (Lipinski definition) is 5. The number of para-hydroxylation sites is 2. The Kier molecular flexibility index (Phi) is 4.85. The Hall–Kier alpha value is -5.98. The molecule has 7 aromatic rings. The summed E-state index contributed by atoms with van der Waals surface area (Å²) in [5, 5.41) is 0. The second-order valence-electron chi connectivity index (χ2n) is 14.1. The molecule has 0 saturated heterocycles. The number of hydrogen-bond donors (Lipinski definition) is 0. The van der Waals surface area contributed by atoms with Crippen LogP contribution in [0, 0.1) is 0 Å². The van der Waals surface area contributed by atoms with E-state index < -0.39 is 5.41 Å². The van der Waals surface area contributed by atoms with Gasteiger partial charge in [-0.15, -0.1) is 0 Å². The summed E-state index contributed by atoms with van der Waals surface area (Å²) < 4.78 is 14.1. The zero-order valence-corrected chi connectivity index (χ0v) is 27.9. The first-order valence-corrected chi connectivity index (χ1v) is 18.3. The van der Waals surface area contributed by atoms with Crippen molar-refractivity contribution in [3.8, 4) is 23.0 Å². The third kappa shape index (κ3) is 3.11. The largest absolute Gasteiger partial charge is 0.458 e. The summed E-state index contributed by atoms with van der Waals surface area (Å²) in [6.07, 6.45) is 0. The van der Waals surface area contributed by atoms with E-state index in [2.05, 4.69) is 150 Å². The molecule has 6 aliphatic rings. The molecule has 236 valence electrons. The van der Waals surface area contributed by atoms with Gasteiger partial charge in [0.2, 0.25) is 0 Å². The Bertz CT molecular complexity index is 2670. The van der Waals surface area contributed by atoms with Gasteiger partial charge in [-0.1, -0.05) is 109 Å². The minimum absolute atomic E-state index is 0.0184. The van der Waals surface area contributed by atoms with Crippen molar-refractivity contribution >= 4 is 57.8 Å². The lowest BCUT2D eigenvalue weighted by Crippen LogP contribution is -2.65. The number of fused-ring (bicyclic) bond motifs is 11. The van der Waals surface area contributed by atoms with E-state index in [-0.39, 0.29) is 12.6 Å². The predicted octanol–water partition coefficient (Wildman–Crippen LogP) is 8.90. The number of nitrogens with zero attached hydrogens (tertiary/aromatic N) is 2. The van der Waals surface area contributed by atoms with Crippen LogP contribution in [-0.2, 0) is 5.41 Å². The average molecular weight is 669 g/mol. The van der Waals surface area contributed by atoms with E-state index in [0.29, 0.717) is 0 Å². The van der Waals surface area contributed by atoms with Crippen LogP contribution in [0.5, 0.6) is 23.0 Å². The van der Waals surface area contributed by atoms with E-state index in [9.17, 15) is 0 Å². The SMILES string of the molecule is c1ccc2c(c1)N=C1C2c2ccccc2N1c1cc2c3c(c1)Oc1cccc4c1B3c1c(cccc1C41c3ccccc3Sc3ccccc31)O2. The van der Waals surface area contributed by atoms with Gasteiger partial charge in [0.15, 0.2) is 0 Å². The van der Waals surface area contributed by atoms with Crippen molar-refractivity contribution in [1.29, 1.82) is 0 Å². The third-order valence-electron chi connectivity index (χ3n) is 11.9. The van der Waals surface area contributed by atoms with E-state index in [1.807, 2.05) is 11.8 Å². The molecule has 0 saturated carbocycles. The molecule has 6 heterocycles. The van der Waals surface area contributed by atoms with Crippen LogP contribution in [0.25, 0.3) is 0 Å². The van der Waals surface area contributed by atoms with Crippen molar-refractivity contribution in [2.45, 2.75) is 21.1 Å². The highest BCUT2D eigenvalue weighted by Gasteiger charge is 2.56. The van der Waals surface area contributed by atoms with Crippen LogP contribution < -0.4 is 30.8 Å². The lowest BCUT2D eigenvalue weighted by molar-refractivity contribution is 0.461. The molecule has 4 nitrogen and oxygen atoms in total. The molecule has 0 bridgehead atoms. The lowest BCUT2D eigenvalue weighted by atomic mass is 9.29. The molecule has 7 aromatic carbocycles. The van der Waals surface area contributed by atoms with Crippen molar-refractivity contribution in [2.24, 2.45) is 4.99 Å². The normalized spacial score (nSPS) is 17.6. The molecule has 1 spiro atoms. The molecule has 6 heteroatoms. The van der Waals surface area contributed by atoms with Gasteiger partial charge in [-0.05, 0) is 80.7 Å². The zero-order chi connectivity index (χ0) is 33.0. The van der Waals surface area contributed by atoms with Crippen LogP contribution in [0.1, 0.15) is 39.3 Å². The number of ether oxygens (including phenoxy) is 2. The highest BCUT2D eigenvalue weighted by atomic mass is 32.2. The summed E-state index contributed by atoms with van der Waals surface area (Å²) in [6, 6.07) is 52.8. The summed E-state index contributed by atoms with van der Waals surface area (Å²) >= 11 is 1.86. The van der Waals surface area contributed by atoms with Gasteiger partial charge in [-0.25, -0.2) is 4.99 Å². The molecule has 0 aromatic heterocycles. The van der Waals surface area contributed by atoms with Gasteiger partial charge in [-0.3, -0.25) is 4.90 Å². The summed E-state index contributed by atoms with van der Waals surface area (Å²) in [7, 11) is 0. The maximum atomic E-state index is 7.07. The second kappa shape index (κ2) is 9.22. The van der Waals surface area contributed by atoms with Crippen molar-refractivity contribution in [3.63, 3.8) is 0 Å². The van der Waals surface area contributed by atoms with Crippen molar-refractivity contribution in [1.82, 2.24) is 0 Å². The topological polar surface area (TPSA) is 34.1 Å². The summed E-state index contributed by atoms with van der Waals surface area (Å²) in [4.78, 5) is 10.1. The minimum atomic E-state index is -0.517. The molecule has 0 fully saturated rings. The minimum Gasteiger partial charge on any atom is -0.458 e. The fourth-order valence-electron chi connectivity index (χ4n) is 10.1. The van der Waals surface area contributed by atoms with Gasteiger partial charge in [0.05, 0.1) is 28.4 Å². The van der Waals surface area contributed by atoms with Crippen LogP contribution in [0.4, 0.5) is 17.1 Å². The Morgan fingerprint density at radius 2 is 1.12 bits per heavy atom. The average Bonchev–Trinajstić information content (AvgIpc) is 3.71. The summed E-state index contributed by atoms with van der Waals surface area (Å²) in [6.45, 7) is -0.0184. The summed E-state index contributed by atoms with van der Waals surface area (Å²) in [5.41, 5.74) is 13.9. The van der Waals surface area contributed by atoms with Crippen LogP contribution in [-0.4, -0.2) is 12.5 Å². The zero-order valence-electron chi connectivity index (χ0n) is 27.1. The van der Waals surface area contributed by atoms with Gasteiger partial charge in [0.25, 0.3) is 6.71 Å². The summed E-state index contributed by atoms with van der Waals surface area (Å²) in [5.74, 6) is 4.61. The first-order valence-electron chi connectivity index (χ1n) is 17.5. The smallest absolute Gasteiger partial charge is 0.261 e. The van der Waals surface area contributed by atoms with Crippen LogP contribution >= 0.6 is 11.8 Å². The fraction of sp³-hybridized carbons (Fsp3) is 0.0444. The van der Waals surface area contributed by atoms with Crippen LogP contribution in [0.3, 0.4) is 0 Å². The highest BCUT2D eigenvalue weighted by molar-refractivity contribution is 7.99. The van der Waals surface area contributed by atoms with E-state index >= 15 is 0 Å². The third-order valence-corrected chi connectivity index (χ3v) is 13.0. The van der Waals surface area contributed by atoms with Crippen molar-refractivity contribution in [3.05, 3.63) is 179 Å². The number of aliphatic imine (C=N–C) groups is 1. The van der Waals surface area contributed by atoms with Crippen LogP contribution in [0.2, 0.25) is 0 Å². The van der Waals surface area contributed by atoms with Gasteiger partial charge >= 0.3 is 0 Å². The monoisotopic (exact) mass is 668 g/mol. The molecule has 6 aliphatic heterocycles. The highest BCUT2D eigenvalue weighted by Crippen LogP contribution is 2.58. The second-order valence-corrected chi connectivity index (χ2v) is 15.2. The molecule has 0 N–H and O–H groups in total. The van der Waals surface area contributed by atoms with Gasteiger partial charge in [0, 0.05) is 27.4 Å². The molecule has 1 atom stereocenters. The predicted molar refractivity (Wildman–Crippen MR) is 204 cm³/mol. The number of anilines is 2. The molecular formula is C45H25BN2O2S. The first kappa shape index (κ1) is 26.8. The van der Waals surface area contributed by atoms with E-state index in [4.69, 9.17) is 14.5 Å². The molecule has 0 amide bonds. The first-order chi connectivity index (χ1) is 25.3. The molecule has 0 aliphatic carbocycles. The van der Waals surface area contributed by atoms with Gasteiger partial charge in [0.1, 0.15) is 28.8 Å². The quantitative estimate of drug-likeness (QED) is 0.164. The fourth-order valence-corrected chi connectivity index (χ4v) is 11.2. The van der Waals surface area contributed by atoms with Crippen molar-refractivity contribution < 1.29 is 9.47 Å². The Labute approximate surface area is 299 Å². The van der Waals surface area contributed by atoms with E-state index in [1.54, 1.807) is 0 Å². The molecule has 0 radical (unpaired) electrons. The molecule has 13 rings (SSSR count). The van der Waals surface area contributed by atoms with E-state index in [0.717, 1.165) is 51.4 Å². The molecule has 1 unspecified atom stereocenters. The Morgan fingerprint density at radius 3 is 1.80 bits per heavy atom. The Morgan fingerprint density at radius 1 is 0.549 bits per heavy atom. The molecular weight excluding hydrogens is 643 g/mol.